The molecule has 0 aliphatic carbocycles. The Hall–Kier alpha value is -3.07. The van der Waals surface area contributed by atoms with Crippen LogP contribution in [0.25, 0.3) is 0 Å². The predicted molar refractivity (Wildman–Crippen MR) is 116 cm³/mol. The topological polar surface area (TPSA) is 94.2 Å². The molecule has 0 radical (unpaired) electrons. The van der Waals surface area contributed by atoms with Gasteiger partial charge in [-0.1, -0.05) is 6.92 Å². The quantitative estimate of drug-likeness (QED) is 0.688. The second-order valence-corrected chi connectivity index (χ2v) is 8.39. The van der Waals surface area contributed by atoms with E-state index in [2.05, 4.69) is 5.32 Å². The van der Waals surface area contributed by atoms with E-state index >= 15 is 0 Å². The summed E-state index contributed by atoms with van der Waals surface area (Å²) < 4.78 is 16.2. The molecule has 2 aromatic rings. The Bertz CT molecular complexity index is 1020. The van der Waals surface area contributed by atoms with Gasteiger partial charge in [-0.15, -0.1) is 11.3 Å². The number of rotatable bonds is 6. The monoisotopic (exact) mass is 444 g/mol. The number of anilines is 2. The molecule has 2 amide bonds. The Morgan fingerprint density at radius 2 is 1.97 bits per heavy atom. The van der Waals surface area contributed by atoms with Crippen molar-refractivity contribution in [2.24, 2.45) is 5.92 Å². The van der Waals surface area contributed by atoms with Crippen LogP contribution >= 0.6 is 11.3 Å². The van der Waals surface area contributed by atoms with Crippen LogP contribution in [-0.4, -0.2) is 44.1 Å². The van der Waals surface area contributed by atoms with Gasteiger partial charge in [-0.3, -0.25) is 9.59 Å². The average Bonchev–Trinajstić information content (AvgIpc) is 3.37. The fourth-order valence-electron chi connectivity index (χ4n) is 3.62. The van der Waals surface area contributed by atoms with Crippen molar-refractivity contribution in [3.8, 4) is 11.5 Å². The molecule has 4 rings (SSSR count). The minimum Gasteiger partial charge on any atom is -0.486 e. The number of nitrogens with one attached hydrogen (secondary N) is 1. The summed E-state index contributed by atoms with van der Waals surface area (Å²) in [4.78, 5) is 40.4. The molecule has 1 unspecified atom stereocenters. The fourth-order valence-corrected chi connectivity index (χ4v) is 4.60. The van der Waals surface area contributed by atoms with E-state index in [1.807, 2.05) is 6.92 Å². The Morgan fingerprint density at radius 3 is 2.71 bits per heavy atom. The molecule has 8 nitrogen and oxygen atoms in total. The third-order valence-corrected chi connectivity index (χ3v) is 6.39. The van der Waals surface area contributed by atoms with E-state index in [9.17, 15) is 14.4 Å². The van der Waals surface area contributed by atoms with Crippen LogP contribution < -0.4 is 19.7 Å². The summed E-state index contributed by atoms with van der Waals surface area (Å²) in [5.74, 6) is -0.176. The number of carbonyl (C=O) groups excluding carboxylic acids is 3. The number of thiophene rings is 1. The van der Waals surface area contributed by atoms with E-state index in [0.717, 1.165) is 11.3 Å². The lowest BCUT2D eigenvalue weighted by Crippen LogP contribution is -2.28. The second kappa shape index (κ2) is 8.97. The second-order valence-electron chi connectivity index (χ2n) is 7.25. The van der Waals surface area contributed by atoms with Gasteiger partial charge in [0.15, 0.2) is 11.5 Å². The molecule has 164 valence electrons. The van der Waals surface area contributed by atoms with Crippen LogP contribution in [0.3, 0.4) is 0 Å². The van der Waals surface area contributed by atoms with Gasteiger partial charge in [0.05, 0.1) is 18.1 Å². The maximum Gasteiger partial charge on any atom is 0.341 e. The molecule has 31 heavy (non-hydrogen) atoms. The molecule has 0 spiro atoms. The molecule has 1 aromatic carbocycles. The maximum atomic E-state index is 12.9. The molecular weight excluding hydrogens is 420 g/mol. The molecule has 2 aliphatic heterocycles. The molecule has 1 atom stereocenters. The highest BCUT2D eigenvalue weighted by atomic mass is 32.1. The maximum absolute atomic E-state index is 12.9. The van der Waals surface area contributed by atoms with Crippen molar-refractivity contribution in [3.63, 3.8) is 0 Å². The zero-order chi connectivity index (χ0) is 22.0. The van der Waals surface area contributed by atoms with Crippen molar-refractivity contribution >= 4 is 39.8 Å². The minimum absolute atomic E-state index is 0.0982. The molecule has 3 heterocycles. The summed E-state index contributed by atoms with van der Waals surface area (Å²) >= 11 is 1.35. The van der Waals surface area contributed by atoms with E-state index in [-0.39, 0.29) is 31.4 Å². The number of carbonyl (C=O) groups is 3. The fraction of sp³-hybridized carbons (Fsp3) is 0.409. The van der Waals surface area contributed by atoms with E-state index in [0.29, 0.717) is 41.0 Å². The first kappa shape index (κ1) is 21.2. The van der Waals surface area contributed by atoms with Crippen molar-refractivity contribution in [3.05, 3.63) is 34.7 Å². The van der Waals surface area contributed by atoms with Crippen LogP contribution in [-0.2, 0) is 20.7 Å². The summed E-state index contributed by atoms with van der Waals surface area (Å²) in [7, 11) is 0. The van der Waals surface area contributed by atoms with Gasteiger partial charge in [0.25, 0.3) is 0 Å². The van der Waals surface area contributed by atoms with Gasteiger partial charge in [0, 0.05) is 29.6 Å². The molecule has 0 bridgehead atoms. The number of nitrogens with zero attached hydrogens (tertiary/aromatic N) is 1. The number of benzene rings is 1. The van der Waals surface area contributed by atoms with Crippen LogP contribution in [0.4, 0.5) is 10.7 Å². The largest absolute Gasteiger partial charge is 0.486 e. The molecule has 9 heteroatoms. The third kappa shape index (κ3) is 4.36. The molecular formula is C22H24N2O6S. The lowest BCUT2D eigenvalue weighted by Gasteiger charge is -2.22. The van der Waals surface area contributed by atoms with Gasteiger partial charge >= 0.3 is 5.97 Å². The van der Waals surface area contributed by atoms with Gasteiger partial charge < -0.3 is 24.4 Å². The van der Waals surface area contributed by atoms with Crippen LogP contribution in [0, 0.1) is 5.92 Å². The van der Waals surface area contributed by atoms with Gasteiger partial charge in [0.2, 0.25) is 11.8 Å². The van der Waals surface area contributed by atoms with E-state index in [1.165, 1.54) is 11.3 Å². The number of hydrogen-bond donors (Lipinski definition) is 1. The summed E-state index contributed by atoms with van der Waals surface area (Å²) in [6.07, 6.45) is 0.841. The normalized spacial score (nSPS) is 17.5. The zero-order valence-electron chi connectivity index (χ0n) is 17.4. The number of ether oxygens (including phenoxy) is 3. The first-order valence-electron chi connectivity index (χ1n) is 10.3. The predicted octanol–water partition coefficient (Wildman–Crippen LogP) is 3.25. The van der Waals surface area contributed by atoms with E-state index in [4.69, 9.17) is 14.2 Å². The number of amides is 2. The lowest BCUT2D eigenvalue weighted by atomic mass is 10.1. The van der Waals surface area contributed by atoms with E-state index in [1.54, 1.807) is 36.1 Å². The number of fused-ring (bicyclic) bond motifs is 1. The van der Waals surface area contributed by atoms with Gasteiger partial charge in [0.1, 0.15) is 18.2 Å². The van der Waals surface area contributed by atoms with Gasteiger partial charge in [-0.2, -0.15) is 0 Å². The minimum atomic E-state index is -0.525. The van der Waals surface area contributed by atoms with Crippen LogP contribution in [0.2, 0.25) is 0 Å². The molecule has 1 saturated heterocycles. The Morgan fingerprint density at radius 1 is 1.19 bits per heavy atom. The van der Waals surface area contributed by atoms with Crippen LogP contribution in [0.15, 0.2) is 24.3 Å². The van der Waals surface area contributed by atoms with Crippen molar-refractivity contribution in [2.45, 2.75) is 26.7 Å². The summed E-state index contributed by atoms with van der Waals surface area (Å²) in [6, 6.07) is 7.07. The molecule has 0 saturated carbocycles. The number of aryl methyl sites for hydroxylation is 1. The molecule has 1 fully saturated rings. The highest BCUT2D eigenvalue weighted by Crippen LogP contribution is 2.36. The third-order valence-electron chi connectivity index (χ3n) is 5.20. The first-order valence-corrected chi connectivity index (χ1v) is 11.1. The number of hydrogen-bond acceptors (Lipinski definition) is 7. The van der Waals surface area contributed by atoms with Crippen LogP contribution in [0.1, 0.15) is 35.5 Å². The van der Waals surface area contributed by atoms with Crippen molar-refractivity contribution in [1.29, 1.82) is 0 Å². The van der Waals surface area contributed by atoms with Gasteiger partial charge in [-0.25, -0.2) is 4.79 Å². The Kier molecular flexibility index (Phi) is 6.13. The van der Waals surface area contributed by atoms with Crippen molar-refractivity contribution < 1.29 is 28.6 Å². The Balaban J connectivity index is 1.48. The van der Waals surface area contributed by atoms with Crippen molar-refractivity contribution in [2.75, 3.05) is 36.6 Å². The number of esters is 1. The highest BCUT2D eigenvalue weighted by Gasteiger charge is 2.36. The highest BCUT2D eigenvalue weighted by molar-refractivity contribution is 7.16. The lowest BCUT2D eigenvalue weighted by molar-refractivity contribution is -0.122. The zero-order valence-corrected chi connectivity index (χ0v) is 18.3. The SMILES string of the molecule is CCOC(=O)c1cc(CC)sc1NC(=O)C1CC(=O)N(c2ccc3c(c2)OCCO3)C1. The standard InChI is InChI=1S/C22H24N2O6S/c1-3-15-11-16(22(27)28-4-2)21(31-15)23-20(26)13-9-19(25)24(12-13)14-5-6-17-18(10-14)30-8-7-29-17/h5-6,10-11,13H,3-4,7-9,12H2,1-2H3,(H,23,26). The summed E-state index contributed by atoms with van der Waals surface area (Å²) in [5.41, 5.74) is 1.02. The van der Waals surface area contributed by atoms with E-state index < -0.39 is 11.9 Å². The summed E-state index contributed by atoms with van der Waals surface area (Å²) in [6.45, 7) is 5.18. The smallest absolute Gasteiger partial charge is 0.341 e. The first-order chi connectivity index (χ1) is 15.0. The molecule has 1 N–H and O–H groups in total. The van der Waals surface area contributed by atoms with Crippen molar-refractivity contribution in [1.82, 2.24) is 0 Å². The van der Waals surface area contributed by atoms with Gasteiger partial charge in [-0.05, 0) is 31.5 Å². The Labute approximate surface area is 184 Å². The molecule has 1 aromatic heterocycles. The summed E-state index contributed by atoms with van der Waals surface area (Å²) in [5, 5.41) is 3.31. The average molecular weight is 445 g/mol. The molecule has 2 aliphatic rings. The van der Waals surface area contributed by atoms with Crippen LogP contribution in [0.5, 0.6) is 11.5 Å².